The van der Waals surface area contributed by atoms with Gasteiger partial charge in [-0.2, -0.15) is 8.78 Å². The van der Waals surface area contributed by atoms with Crippen molar-refractivity contribution >= 4 is 11.8 Å². The maximum atomic E-state index is 12.4. The molecule has 0 aliphatic rings. The van der Waals surface area contributed by atoms with E-state index in [2.05, 4.69) is 15.6 Å². The molecular formula is C19H20F2N2O6. The second-order valence-corrected chi connectivity index (χ2v) is 5.45. The van der Waals surface area contributed by atoms with Crippen molar-refractivity contribution in [1.82, 2.24) is 10.9 Å². The van der Waals surface area contributed by atoms with Crippen molar-refractivity contribution in [1.29, 1.82) is 0 Å². The molecule has 2 aromatic rings. The van der Waals surface area contributed by atoms with Crippen LogP contribution in [0.1, 0.15) is 27.6 Å². The summed E-state index contributed by atoms with van der Waals surface area (Å²) in [5.41, 5.74) is 4.78. The highest BCUT2D eigenvalue weighted by Crippen LogP contribution is 2.30. The monoisotopic (exact) mass is 410 g/mol. The summed E-state index contributed by atoms with van der Waals surface area (Å²) in [7, 11) is 2.69. The summed E-state index contributed by atoms with van der Waals surface area (Å²) >= 11 is 0. The van der Waals surface area contributed by atoms with Crippen LogP contribution in [0.15, 0.2) is 36.4 Å². The highest BCUT2D eigenvalue weighted by atomic mass is 19.3. The fraction of sp³-hybridized carbons (Fsp3) is 0.263. The Hall–Kier alpha value is -3.56. The zero-order valence-electron chi connectivity index (χ0n) is 16.0. The van der Waals surface area contributed by atoms with Crippen LogP contribution in [0.2, 0.25) is 0 Å². The Bertz CT molecular complexity index is 876. The number of carbonyl (C=O) groups is 2. The zero-order chi connectivity index (χ0) is 21.4. The molecule has 156 valence electrons. The number of hydrazine groups is 1. The van der Waals surface area contributed by atoms with Crippen LogP contribution in [0.4, 0.5) is 8.78 Å². The van der Waals surface area contributed by atoms with Gasteiger partial charge in [-0.25, -0.2) is 0 Å². The molecule has 0 heterocycles. The van der Waals surface area contributed by atoms with Gasteiger partial charge in [-0.3, -0.25) is 20.4 Å². The van der Waals surface area contributed by atoms with E-state index in [0.717, 1.165) is 0 Å². The lowest BCUT2D eigenvalue weighted by Gasteiger charge is -2.13. The van der Waals surface area contributed by atoms with E-state index in [1.54, 1.807) is 6.07 Å². The molecule has 0 saturated carbocycles. The summed E-state index contributed by atoms with van der Waals surface area (Å²) in [6.45, 7) is -0.784. The van der Waals surface area contributed by atoms with Crippen molar-refractivity contribution in [3.63, 3.8) is 0 Å². The van der Waals surface area contributed by atoms with Crippen molar-refractivity contribution in [3.8, 4) is 23.0 Å². The molecule has 2 N–H and O–H groups in total. The number of rotatable bonds is 8. The molecular weight excluding hydrogens is 390 g/mol. The van der Waals surface area contributed by atoms with E-state index in [-0.39, 0.29) is 22.6 Å². The first kappa shape index (κ1) is 21.7. The molecule has 0 aliphatic carbocycles. The van der Waals surface area contributed by atoms with Gasteiger partial charge in [-0.1, -0.05) is 0 Å². The van der Waals surface area contributed by atoms with Crippen LogP contribution in [0.25, 0.3) is 0 Å². The van der Waals surface area contributed by atoms with E-state index >= 15 is 0 Å². The molecule has 0 aliphatic heterocycles. The van der Waals surface area contributed by atoms with Crippen LogP contribution in [0.5, 0.6) is 23.0 Å². The molecule has 0 saturated heterocycles. The van der Waals surface area contributed by atoms with Gasteiger partial charge in [-0.15, -0.1) is 0 Å². The van der Waals surface area contributed by atoms with Crippen molar-refractivity contribution < 1.29 is 37.3 Å². The average Bonchev–Trinajstić information content (AvgIpc) is 2.72. The lowest BCUT2D eigenvalue weighted by atomic mass is 10.2. The molecule has 2 aromatic carbocycles. The smallest absolute Gasteiger partial charge is 0.387 e. The van der Waals surface area contributed by atoms with Crippen molar-refractivity contribution in [3.05, 3.63) is 47.5 Å². The third kappa shape index (κ3) is 5.71. The van der Waals surface area contributed by atoms with E-state index < -0.39 is 18.4 Å². The number of alkyl halides is 2. The number of amides is 2. The summed E-state index contributed by atoms with van der Waals surface area (Å²) in [5, 5.41) is 0. The number of halogens is 2. The third-order valence-electron chi connectivity index (χ3n) is 3.66. The second kappa shape index (κ2) is 10.1. The number of hydrogen-bond donors (Lipinski definition) is 2. The highest BCUT2D eigenvalue weighted by molar-refractivity contribution is 5.99. The van der Waals surface area contributed by atoms with Gasteiger partial charge in [0.2, 0.25) is 0 Å². The van der Waals surface area contributed by atoms with Gasteiger partial charge < -0.3 is 18.9 Å². The minimum Gasteiger partial charge on any atom is -0.493 e. The molecule has 0 fully saturated rings. The molecule has 0 aromatic heterocycles. The van der Waals surface area contributed by atoms with Gasteiger partial charge >= 0.3 is 6.61 Å². The van der Waals surface area contributed by atoms with Gasteiger partial charge in [0.1, 0.15) is 0 Å². The summed E-state index contributed by atoms with van der Waals surface area (Å²) in [5.74, 6) is -0.702. The molecule has 10 heteroatoms. The van der Waals surface area contributed by atoms with Crippen LogP contribution in [0, 0.1) is 0 Å². The minimum absolute atomic E-state index is 0.0551. The summed E-state index contributed by atoms with van der Waals surface area (Å²) < 4.78 is 44.5. The normalized spacial score (nSPS) is 10.3. The number of benzene rings is 2. The van der Waals surface area contributed by atoms with Crippen LogP contribution >= 0.6 is 0 Å². The van der Waals surface area contributed by atoms with E-state index in [1.165, 1.54) is 44.6 Å². The first-order valence-electron chi connectivity index (χ1n) is 8.44. The Morgan fingerprint density at radius 3 is 1.79 bits per heavy atom. The lowest BCUT2D eigenvalue weighted by molar-refractivity contribution is -0.0512. The fourth-order valence-electron chi connectivity index (χ4n) is 2.34. The molecule has 0 radical (unpaired) electrons. The van der Waals surface area contributed by atoms with Crippen LogP contribution in [-0.4, -0.2) is 39.3 Å². The number of nitrogens with one attached hydrogen (secondary N) is 2. The Balaban J connectivity index is 2.05. The minimum atomic E-state index is -3.03. The van der Waals surface area contributed by atoms with Gasteiger partial charge in [0, 0.05) is 11.1 Å². The van der Waals surface area contributed by atoms with Crippen molar-refractivity contribution in [2.75, 3.05) is 20.8 Å². The van der Waals surface area contributed by atoms with E-state index in [0.29, 0.717) is 18.1 Å². The SMILES string of the molecule is CCOc1ccc(C(=O)NNC(=O)c2ccc(OC(F)F)c(OC)c2)cc1OC. The highest BCUT2D eigenvalue weighted by Gasteiger charge is 2.16. The van der Waals surface area contributed by atoms with Crippen molar-refractivity contribution in [2.45, 2.75) is 13.5 Å². The number of hydrogen-bond acceptors (Lipinski definition) is 6. The molecule has 0 bridgehead atoms. The lowest BCUT2D eigenvalue weighted by Crippen LogP contribution is -2.41. The Morgan fingerprint density at radius 1 is 0.862 bits per heavy atom. The fourth-order valence-corrected chi connectivity index (χ4v) is 2.34. The molecule has 0 atom stereocenters. The maximum Gasteiger partial charge on any atom is 0.387 e. The van der Waals surface area contributed by atoms with Gasteiger partial charge in [0.15, 0.2) is 23.0 Å². The van der Waals surface area contributed by atoms with E-state index in [9.17, 15) is 18.4 Å². The van der Waals surface area contributed by atoms with Crippen molar-refractivity contribution in [2.24, 2.45) is 0 Å². The standard InChI is InChI=1S/C19H20F2N2O6/c1-4-28-13-7-5-11(9-15(13)26-2)17(24)22-23-18(25)12-6-8-14(29-19(20)21)16(10-12)27-3/h5-10,19H,4H2,1-3H3,(H,22,24)(H,23,25). The first-order valence-corrected chi connectivity index (χ1v) is 8.44. The largest absolute Gasteiger partial charge is 0.493 e. The molecule has 8 nitrogen and oxygen atoms in total. The van der Waals surface area contributed by atoms with Gasteiger partial charge in [0.05, 0.1) is 20.8 Å². The van der Waals surface area contributed by atoms with Crippen LogP contribution < -0.4 is 29.8 Å². The number of carbonyl (C=O) groups excluding carboxylic acids is 2. The summed E-state index contributed by atoms with van der Waals surface area (Å²) in [6, 6.07) is 8.17. The molecule has 2 amide bonds. The molecule has 2 rings (SSSR count). The van der Waals surface area contributed by atoms with E-state index in [1.807, 2.05) is 6.92 Å². The molecule has 0 spiro atoms. The first-order chi connectivity index (χ1) is 13.9. The van der Waals surface area contributed by atoms with Crippen LogP contribution in [-0.2, 0) is 0 Å². The van der Waals surface area contributed by atoms with Gasteiger partial charge in [0.25, 0.3) is 11.8 Å². The van der Waals surface area contributed by atoms with Crippen LogP contribution in [0.3, 0.4) is 0 Å². The zero-order valence-corrected chi connectivity index (χ0v) is 16.0. The average molecular weight is 410 g/mol. The van der Waals surface area contributed by atoms with Gasteiger partial charge in [-0.05, 0) is 43.3 Å². The predicted octanol–water partition coefficient (Wildman–Crippen LogP) is 2.78. The second-order valence-electron chi connectivity index (χ2n) is 5.45. The maximum absolute atomic E-state index is 12.4. The Kier molecular flexibility index (Phi) is 7.58. The summed E-state index contributed by atoms with van der Waals surface area (Å²) in [4.78, 5) is 24.5. The third-order valence-corrected chi connectivity index (χ3v) is 3.66. The molecule has 0 unspecified atom stereocenters. The van der Waals surface area contributed by atoms with E-state index in [4.69, 9.17) is 14.2 Å². The molecule has 29 heavy (non-hydrogen) atoms. The Morgan fingerprint density at radius 2 is 1.34 bits per heavy atom. The summed E-state index contributed by atoms with van der Waals surface area (Å²) in [6.07, 6.45) is 0. The number of methoxy groups -OCH3 is 2. The predicted molar refractivity (Wildman–Crippen MR) is 98.7 cm³/mol. The quantitative estimate of drug-likeness (QED) is 0.650. The Labute approximate surface area is 165 Å². The number of ether oxygens (including phenoxy) is 4. The topological polar surface area (TPSA) is 95.1 Å².